The number of rotatable bonds is 4. The van der Waals surface area contributed by atoms with Crippen LogP contribution in [0.25, 0.3) is 10.2 Å². The molecule has 4 rings (SSSR count). The van der Waals surface area contributed by atoms with Gasteiger partial charge < -0.3 is 26.8 Å². The molecule has 1 saturated heterocycles. The van der Waals surface area contributed by atoms with Crippen LogP contribution in [0, 0.1) is 0 Å². The molecule has 0 unspecified atom stereocenters. The number of nitrogens with zero attached hydrogens (tertiary/aromatic N) is 3. The number of carbonyl (C=O) groups excluding carboxylic acids is 2. The summed E-state index contributed by atoms with van der Waals surface area (Å²) in [7, 11) is 3.03. The Morgan fingerprint density at radius 2 is 1.74 bits per heavy atom. The van der Waals surface area contributed by atoms with E-state index in [4.69, 9.17) is 5.73 Å². The van der Waals surface area contributed by atoms with Crippen LogP contribution in [0.1, 0.15) is 53.6 Å². The lowest BCUT2D eigenvalue weighted by atomic mass is 10.1. The molecule has 6 N–H and O–H groups in total. The minimum atomic E-state index is -0.340. The van der Waals surface area contributed by atoms with Crippen LogP contribution in [0.15, 0.2) is 30.6 Å². The van der Waals surface area contributed by atoms with Gasteiger partial charge in [-0.15, -0.1) is 11.3 Å². The Kier molecular flexibility index (Phi) is 13.9. The van der Waals surface area contributed by atoms with Crippen molar-refractivity contribution in [2.24, 2.45) is 5.73 Å². The molecule has 11 heteroatoms. The number of anilines is 3. The standard InChI is InChI=1S/C14H15N3O3S.C7H18S.C6H8N2.CH5N/c15-13-10(7-19)21-14-12(13)8(6-18)5-11(16-14)17-3-1-9(20)2-4-17;1-7(2,3)8(4,5)6;1-7-6-3-2-4-8-5-6;1-2/h5-7,9,20H,1-4,15H2;1-6H3;2-5,7H,1H3;2H2,1H3. The van der Waals surface area contributed by atoms with Crippen molar-refractivity contribution in [3.63, 3.8) is 0 Å². The number of aromatic nitrogens is 2. The van der Waals surface area contributed by atoms with Gasteiger partial charge in [0.1, 0.15) is 10.6 Å². The molecule has 0 radical (unpaired) electrons. The molecule has 218 valence electrons. The summed E-state index contributed by atoms with van der Waals surface area (Å²) in [6, 6.07) is 5.56. The van der Waals surface area contributed by atoms with E-state index in [-0.39, 0.29) is 16.1 Å². The van der Waals surface area contributed by atoms with Crippen LogP contribution in [0.4, 0.5) is 17.2 Å². The zero-order chi connectivity index (χ0) is 29.8. The number of fused-ring (bicyclic) bond motifs is 1. The van der Waals surface area contributed by atoms with Crippen LogP contribution in [0.5, 0.6) is 0 Å². The van der Waals surface area contributed by atoms with Crippen molar-refractivity contribution in [1.82, 2.24) is 9.97 Å². The van der Waals surface area contributed by atoms with Gasteiger partial charge in [0.2, 0.25) is 0 Å². The van der Waals surface area contributed by atoms with Gasteiger partial charge >= 0.3 is 0 Å². The van der Waals surface area contributed by atoms with E-state index in [1.807, 2.05) is 24.1 Å². The monoisotopic (exact) mass is 578 g/mol. The molecule has 0 aliphatic carbocycles. The lowest BCUT2D eigenvalue weighted by molar-refractivity contribution is 0.111. The third kappa shape index (κ3) is 10.1. The van der Waals surface area contributed by atoms with Crippen LogP contribution in [-0.4, -0.2) is 84.4 Å². The number of piperidine rings is 1. The van der Waals surface area contributed by atoms with Crippen molar-refractivity contribution in [2.45, 2.75) is 44.5 Å². The fourth-order valence-electron chi connectivity index (χ4n) is 3.10. The van der Waals surface area contributed by atoms with Gasteiger partial charge in [-0.05, 0) is 61.6 Å². The maximum atomic E-state index is 11.3. The smallest absolute Gasteiger partial charge is 0.162 e. The average molecular weight is 579 g/mol. The topological polar surface area (TPSA) is 147 Å². The van der Waals surface area contributed by atoms with Crippen molar-refractivity contribution in [3.05, 3.63) is 41.0 Å². The lowest BCUT2D eigenvalue weighted by Crippen LogP contribution is -2.36. The minimum Gasteiger partial charge on any atom is -0.397 e. The summed E-state index contributed by atoms with van der Waals surface area (Å²) < 4.78 is 0.521. The van der Waals surface area contributed by atoms with Gasteiger partial charge in [-0.25, -0.2) is 15.0 Å². The first-order valence-corrected chi connectivity index (χ1v) is 16.4. The van der Waals surface area contributed by atoms with Crippen LogP contribution >= 0.6 is 21.4 Å². The average Bonchev–Trinajstić information content (AvgIpc) is 3.25. The Balaban J connectivity index is 0.000000349. The van der Waals surface area contributed by atoms with Crippen molar-refractivity contribution in [1.29, 1.82) is 0 Å². The normalized spacial score (nSPS) is 14.1. The molecule has 9 nitrogen and oxygen atoms in total. The van der Waals surface area contributed by atoms with E-state index in [9.17, 15) is 14.7 Å². The second-order valence-electron chi connectivity index (χ2n) is 10.5. The molecule has 1 fully saturated rings. The number of nitrogen functional groups attached to an aromatic ring is 1. The summed E-state index contributed by atoms with van der Waals surface area (Å²) in [4.78, 5) is 33.8. The largest absolute Gasteiger partial charge is 0.397 e. The highest BCUT2D eigenvalue weighted by molar-refractivity contribution is 8.33. The molecule has 1 aliphatic heterocycles. The summed E-state index contributed by atoms with van der Waals surface area (Å²) in [5, 5.41) is 13.1. The van der Waals surface area contributed by atoms with E-state index in [0.717, 1.165) is 12.0 Å². The highest BCUT2D eigenvalue weighted by atomic mass is 32.3. The molecule has 0 amide bonds. The van der Waals surface area contributed by atoms with Crippen molar-refractivity contribution in [3.8, 4) is 0 Å². The molecule has 39 heavy (non-hydrogen) atoms. The number of carbonyl (C=O) groups is 2. The van der Waals surface area contributed by atoms with Gasteiger partial charge in [-0.2, -0.15) is 0 Å². The van der Waals surface area contributed by atoms with E-state index in [0.29, 0.717) is 69.1 Å². The molecule has 0 atom stereocenters. The summed E-state index contributed by atoms with van der Waals surface area (Å²) in [5.41, 5.74) is 12.2. The third-order valence-corrected chi connectivity index (χ3v) is 11.3. The number of pyridine rings is 2. The van der Waals surface area contributed by atoms with Crippen LogP contribution in [-0.2, 0) is 0 Å². The molecule has 0 aromatic carbocycles. The van der Waals surface area contributed by atoms with Gasteiger partial charge in [-0.1, -0.05) is 20.8 Å². The fraction of sp³-hybridized carbons (Fsp3) is 0.500. The number of aliphatic hydroxyl groups is 1. The SMILES string of the molecule is CC(C)(C)S(C)(C)C.CN.CNc1cccnc1.Nc1c(C=O)sc2nc(N3CCC(O)CC3)cc(C=O)c12. The maximum absolute atomic E-state index is 11.3. The Bertz CT molecular complexity index is 1150. The van der Waals surface area contributed by atoms with Gasteiger partial charge in [0, 0.05) is 43.5 Å². The number of aldehydes is 2. The van der Waals surface area contributed by atoms with Crippen LogP contribution in [0.2, 0.25) is 0 Å². The fourth-order valence-corrected chi connectivity index (χ4v) is 4.04. The van der Waals surface area contributed by atoms with Gasteiger partial charge in [-0.3, -0.25) is 14.6 Å². The zero-order valence-corrected chi connectivity index (χ0v) is 26.2. The molecule has 4 heterocycles. The Morgan fingerprint density at radius 1 is 1.15 bits per heavy atom. The molecular formula is C28H46N6O3S2. The zero-order valence-electron chi connectivity index (χ0n) is 24.5. The van der Waals surface area contributed by atoms with Gasteiger partial charge in [0.05, 0.1) is 22.4 Å². The second-order valence-corrected chi connectivity index (χ2v) is 16.5. The summed E-state index contributed by atoms with van der Waals surface area (Å²) in [6.45, 7) is 8.31. The lowest BCUT2D eigenvalue weighted by Gasteiger charge is -2.40. The second kappa shape index (κ2) is 15.8. The number of hydrogen-bond donors (Lipinski definition) is 4. The molecule has 0 bridgehead atoms. The Labute approximate surface area is 238 Å². The predicted molar refractivity (Wildman–Crippen MR) is 171 cm³/mol. The summed E-state index contributed by atoms with van der Waals surface area (Å²) in [6.07, 6.45) is 13.1. The van der Waals surface area contributed by atoms with Crippen molar-refractivity contribution in [2.75, 3.05) is 61.9 Å². The van der Waals surface area contributed by atoms with Crippen LogP contribution in [0.3, 0.4) is 0 Å². The quantitative estimate of drug-likeness (QED) is 0.325. The molecule has 1 aliphatic rings. The van der Waals surface area contributed by atoms with Crippen molar-refractivity contribution < 1.29 is 14.7 Å². The highest BCUT2D eigenvalue weighted by Gasteiger charge is 2.22. The molecule has 0 spiro atoms. The first kappa shape index (κ1) is 34.3. The van der Waals surface area contributed by atoms with E-state index < -0.39 is 0 Å². The van der Waals surface area contributed by atoms with Gasteiger partial charge in [0.25, 0.3) is 0 Å². The van der Waals surface area contributed by atoms with E-state index in [1.54, 1.807) is 18.5 Å². The maximum Gasteiger partial charge on any atom is 0.162 e. The van der Waals surface area contributed by atoms with E-state index in [2.05, 4.69) is 60.6 Å². The number of nitrogens with one attached hydrogen (secondary N) is 1. The van der Waals surface area contributed by atoms with E-state index >= 15 is 0 Å². The number of hydrogen-bond acceptors (Lipinski definition) is 10. The number of nitrogens with two attached hydrogens (primary N) is 2. The molecule has 0 saturated carbocycles. The number of aliphatic hydroxyl groups excluding tert-OH is 1. The predicted octanol–water partition coefficient (Wildman–Crippen LogP) is 4.64. The van der Waals surface area contributed by atoms with Crippen molar-refractivity contribution >= 4 is 61.3 Å². The summed E-state index contributed by atoms with van der Waals surface area (Å²) in [5.74, 6) is 0.690. The molecule has 3 aromatic heterocycles. The number of thiophene rings is 1. The summed E-state index contributed by atoms with van der Waals surface area (Å²) >= 11 is 1.19. The Morgan fingerprint density at radius 3 is 2.15 bits per heavy atom. The Hall–Kier alpha value is -2.73. The molecule has 3 aromatic rings. The first-order chi connectivity index (χ1) is 18.3. The molecular weight excluding hydrogens is 532 g/mol. The third-order valence-electron chi connectivity index (χ3n) is 6.55. The van der Waals surface area contributed by atoms with Gasteiger partial charge in [0.15, 0.2) is 12.6 Å². The minimum absolute atomic E-state index is 0.269. The first-order valence-electron chi connectivity index (χ1n) is 12.7. The highest BCUT2D eigenvalue weighted by Crippen LogP contribution is 2.48. The van der Waals surface area contributed by atoms with E-state index in [1.165, 1.54) is 18.4 Å². The van der Waals surface area contributed by atoms with Crippen LogP contribution < -0.4 is 21.7 Å².